The molecule has 2 aromatic carbocycles. The van der Waals surface area contributed by atoms with E-state index in [0.717, 1.165) is 30.0 Å². The van der Waals surface area contributed by atoms with Crippen molar-refractivity contribution in [3.8, 4) is 28.3 Å². The van der Waals surface area contributed by atoms with Gasteiger partial charge in [0.1, 0.15) is 0 Å². The normalized spacial score (nSPS) is 15.3. The molecule has 1 aliphatic carbocycles. The molecule has 1 aliphatic rings. The maximum absolute atomic E-state index is 4.13. The van der Waals surface area contributed by atoms with Crippen LogP contribution in [-0.2, 0) is 12.8 Å². The van der Waals surface area contributed by atoms with Gasteiger partial charge in [0.15, 0.2) is 0 Å². The van der Waals surface area contributed by atoms with Gasteiger partial charge < -0.3 is 4.57 Å². The number of benzene rings is 2. The molecule has 1 unspecified atom stereocenters. The second kappa shape index (κ2) is 8.43. The van der Waals surface area contributed by atoms with Gasteiger partial charge in [-0.15, -0.1) is 10.2 Å². The highest BCUT2D eigenvalue weighted by molar-refractivity contribution is 5.68. The van der Waals surface area contributed by atoms with E-state index in [4.69, 9.17) is 0 Å². The number of rotatable bonds is 3. The second-order valence-electron chi connectivity index (χ2n) is 7.34. The van der Waals surface area contributed by atoms with Gasteiger partial charge >= 0.3 is 0 Å². The largest absolute Gasteiger partial charge is 0.313 e. The van der Waals surface area contributed by atoms with Crippen LogP contribution in [0.25, 0.3) is 28.3 Å². The minimum atomic E-state index is 0.618. The number of hydrogen-bond donors (Lipinski definition) is 1. The van der Waals surface area contributed by atoms with Crippen molar-refractivity contribution in [2.45, 2.75) is 40.0 Å². The molecular formula is C24H27N5. The molecule has 0 aliphatic heterocycles. The molecule has 2 aromatic heterocycles. The van der Waals surface area contributed by atoms with Crippen LogP contribution in [0, 0.1) is 5.92 Å². The number of nitrogens with zero attached hydrogens (tertiary/aromatic N) is 4. The molecule has 0 saturated heterocycles. The van der Waals surface area contributed by atoms with E-state index in [1.54, 1.807) is 0 Å². The van der Waals surface area contributed by atoms with E-state index < -0.39 is 0 Å². The molecule has 2 heterocycles. The summed E-state index contributed by atoms with van der Waals surface area (Å²) in [6, 6.07) is 21.4. The van der Waals surface area contributed by atoms with E-state index in [-0.39, 0.29) is 0 Å². The molecule has 5 heteroatoms. The zero-order chi connectivity index (χ0) is 20.2. The molecule has 0 fully saturated rings. The molecule has 0 amide bonds. The Morgan fingerprint density at radius 1 is 0.966 bits per heavy atom. The Kier molecular flexibility index (Phi) is 5.56. The van der Waals surface area contributed by atoms with E-state index in [1.807, 2.05) is 19.9 Å². The maximum atomic E-state index is 4.13. The fourth-order valence-electron chi connectivity index (χ4n) is 4.10. The van der Waals surface area contributed by atoms with Crippen LogP contribution in [0.2, 0.25) is 0 Å². The highest BCUT2D eigenvalue weighted by atomic mass is 15.5. The molecule has 4 aromatic rings. The third kappa shape index (κ3) is 3.73. The topological polar surface area (TPSA) is 59.4 Å². The predicted molar refractivity (Wildman–Crippen MR) is 117 cm³/mol. The minimum Gasteiger partial charge on any atom is -0.313 e. The number of tetrazole rings is 1. The Morgan fingerprint density at radius 3 is 2.52 bits per heavy atom. The Bertz CT molecular complexity index is 1060. The SMILES string of the molecule is CC.CC1CCc2c(cc(-c3ccccc3)n2-c2cccc(-c3nn[nH]n3)c2)C1. The quantitative estimate of drug-likeness (QED) is 0.508. The summed E-state index contributed by atoms with van der Waals surface area (Å²) in [7, 11) is 0. The Morgan fingerprint density at radius 2 is 1.76 bits per heavy atom. The molecule has 0 bridgehead atoms. The number of aromatic amines is 1. The van der Waals surface area contributed by atoms with Gasteiger partial charge in [0.25, 0.3) is 0 Å². The Hall–Kier alpha value is -3.21. The van der Waals surface area contributed by atoms with Crippen LogP contribution in [0.15, 0.2) is 60.7 Å². The van der Waals surface area contributed by atoms with Crippen molar-refractivity contribution in [3.05, 3.63) is 71.9 Å². The first-order valence-corrected chi connectivity index (χ1v) is 10.4. The van der Waals surface area contributed by atoms with Gasteiger partial charge in [-0.3, -0.25) is 0 Å². The standard InChI is InChI=1S/C22H21N5.C2H6/c1-15-10-11-20-18(12-15)14-21(16-6-3-2-4-7-16)27(20)19-9-5-8-17(13-19)22-23-25-26-24-22;1-2/h2-9,13-15H,10-12H2,1H3,(H,23,24,25,26);1-2H3. The fraction of sp³-hybridized carbons (Fsp3) is 0.292. The Labute approximate surface area is 171 Å². The molecule has 0 radical (unpaired) electrons. The molecule has 1 N–H and O–H groups in total. The Balaban J connectivity index is 0.000000994. The average Bonchev–Trinajstić information content (AvgIpc) is 3.44. The molecule has 1 atom stereocenters. The van der Waals surface area contributed by atoms with E-state index >= 15 is 0 Å². The summed E-state index contributed by atoms with van der Waals surface area (Å²) in [5.74, 6) is 1.36. The van der Waals surface area contributed by atoms with Gasteiger partial charge in [0, 0.05) is 16.9 Å². The lowest BCUT2D eigenvalue weighted by Crippen LogP contribution is -2.13. The van der Waals surface area contributed by atoms with Gasteiger partial charge in [-0.1, -0.05) is 63.2 Å². The van der Waals surface area contributed by atoms with Crippen LogP contribution < -0.4 is 0 Å². The lowest BCUT2D eigenvalue weighted by molar-refractivity contribution is 0.494. The number of aromatic nitrogens is 5. The first-order valence-electron chi connectivity index (χ1n) is 10.4. The molecule has 148 valence electrons. The minimum absolute atomic E-state index is 0.618. The number of hydrogen-bond acceptors (Lipinski definition) is 3. The maximum Gasteiger partial charge on any atom is 0.204 e. The van der Waals surface area contributed by atoms with Crippen molar-refractivity contribution in [3.63, 3.8) is 0 Å². The van der Waals surface area contributed by atoms with Gasteiger partial charge in [0.05, 0.1) is 5.69 Å². The average molecular weight is 386 g/mol. The van der Waals surface area contributed by atoms with Gasteiger partial charge in [-0.05, 0) is 59.7 Å². The van der Waals surface area contributed by atoms with Crippen LogP contribution >= 0.6 is 0 Å². The molecule has 0 spiro atoms. The summed E-state index contributed by atoms with van der Waals surface area (Å²) in [6.07, 6.45) is 3.48. The second-order valence-corrected chi connectivity index (χ2v) is 7.34. The monoisotopic (exact) mass is 385 g/mol. The predicted octanol–water partition coefficient (Wildman–Crippen LogP) is 5.48. The molecule has 29 heavy (non-hydrogen) atoms. The molecule has 0 saturated carbocycles. The molecular weight excluding hydrogens is 358 g/mol. The highest BCUT2D eigenvalue weighted by Crippen LogP contribution is 2.36. The summed E-state index contributed by atoms with van der Waals surface area (Å²) in [5.41, 5.74) is 7.50. The number of fused-ring (bicyclic) bond motifs is 1. The lowest BCUT2D eigenvalue weighted by Gasteiger charge is -2.21. The van der Waals surface area contributed by atoms with Gasteiger partial charge in [0.2, 0.25) is 5.82 Å². The van der Waals surface area contributed by atoms with E-state index in [1.165, 1.54) is 28.9 Å². The smallest absolute Gasteiger partial charge is 0.204 e. The highest BCUT2D eigenvalue weighted by Gasteiger charge is 2.23. The van der Waals surface area contributed by atoms with Crippen LogP contribution in [0.1, 0.15) is 38.4 Å². The van der Waals surface area contributed by atoms with Crippen molar-refractivity contribution >= 4 is 0 Å². The first kappa shape index (κ1) is 19.1. The van der Waals surface area contributed by atoms with Gasteiger partial charge in [-0.25, -0.2) is 0 Å². The van der Waals surface area contributed by atoms with Crippen molar-refractivity contribution in [2.24, 2.45) is 5.92 Å². The van der Waals surface area contributed by atoms with Gasteiger partial charge in [-0.2, -0.15) is 5.21 Å². The summed E-state index contributed by atoms with van der Waals surface area (Å²) < 4.78 is 2.42. The van der Waals surface area contributed by atoms with E-state index in [2.05, 4.69) is 86.7 Å². The van der Waals surface area contributed by atoms with Crippen LogP contribution in [0.4, 0.5) is 0 Å². The summed E-state index contributed by atoms with van der Waals surface area (Å²) in [6.45, 7) is 6.35. The zero-order valence-corrected chi connectivity index (χ0v) is 17.3. The summed E-state index contributed by atoms with van der Waals surface area (Å²) >= 11 is 0. The van der Waals surface area contributed by atoms with Crippen molar-refractivity contribution in [1.82, 2.24) is 25.2 Å². The van der Waals surface area contributed by atoms with Crippen LogP contribution in [0.3, 0.4) is 0 Å². The molecule has 5 rings (SSSR count). The first-order chi connectivity index (χ1) is 14.3. The summed E-state index contributed by atoms with van der Waals surface area (Å²) in [5, 5.41) is 14.5. The summed E-state index contributed by atoms with van der Waals surface area (Å²) in [4.78, 5) is 0. The fourth-order valence-corrected chi connectivity index (χ4v) is 4.10. The van der Waals surface area contributed by atoms with Crippen LogP contribution in [-0.4, -0.2) is 25.2 Å². The molecule has 5 nitrogen and oxygen atoms in total. The van der Waals surface area contributed by atoms with Crippen molar-refractivity contribution < 1.29 is 0 Å². The van der Waals surface area contributed by atoms with Crippen molar-refractivity contribution in [2.75, 3.05) is 0 Å². The van der Waals surface area contributed by atoms with Crippen LogP contribution in [0.5, 0.6) is 0 Å². The van der Waals surface area contributed by atoms with E-state index in [0.29, 0.717) is 5.82 Å². The van der Waals surface area contributed by atoms with E-state index in [9.17, 15) is 0 Å². The van der Waals surface area contributed by atoms with Crippen molar-refractivity contribution in [1.29, 1.82) is 0 Å². The zero-order valence-electron chi connectivity index (χ0n) is 17.3. The number of H-pyrrole nitrogens is 1. The third-order valence-electron chi connectivity index (χ3n) is 5.41. The third-order valence-corrected chi connectivity index (χ3v) is 5.41. The number of nitrogens with one attached hydrogen (secondary N) is 1. The lowest BCUT2D eigenvalue weighted by atomic mass is 9.89.